The van der Waals surface area contributed by atoms with Crippen LogP contribution in [0.25, 0.3) is 0 Å². The summed E-state index contributed by atoms with van der Waals surface area (Å²) in [5, 5.41) is 36.1. The van der Waals surface area contributed by atoms with Crippen LogP contribution in [0.4, 0.5) is 0 Å². The summed E-state index contributed by atoms with van der Waals surface area (Å²) in [7, 11) is 0. The molecule has 1 heterocycles. The van der Waals surface area contributed by atoms with Crippen molar-refractivity contribution in [2.24, 2.45) is 5.73 Å². The van der Waals surface area contributed by atoms with Gasteiger partial charge in [0.15, 0.2) is 6.29 Å². The van der Waals surface area contributed by atoms with Gasteiger partial charge in [-0.2, -0.15) is 0 Å². The molecule has 0 aromatic heterocycles. The minimum absolute atomic E-state index is 0. The molecule has 0 bridgehead atoms. The summed E-state index contributed by atoms with van der Waals surface area (Å²) in [6, 6.07) is -1.04. The van der Waals surface area contributed by atoms with E-state index >= 15 is 0 Å². The van der Waals surface area contributed by atoms with E-state index in [-0.39, 0.29) is 19.5 Å². The smallest absolute Gasteiger partial charge is 0.394 e. The van der Waals surface area contributed by atoms with Crippen LogP contribution in [-0.4, -0.2) is 57.7 Å². The van der Waals surface area contributed by atoms with Crippen molar-refractivity contribution in [1.29, 1.82) is 0 Å². The van der Waals surface area contributed by atoms with Crippen LogP contribution >= 0.6 is 0 Å². The second kappa shape index (κ2) is 5.31. The number of rotatable bonds is 1. The van der Waals surface area contributed by atoms with Gasteiger partial charge in [0.1, 0.15) is 18.3 Å². The Balaban J connectivity index is 0.00000144. The van der Waals surface area contributed by atoms with E-state index in [9.17, 15) is 10.2 Å². The van der Waals surface area contributed by atoms with Crippen molar-refractivity contribution in [2.75, 3.05) is 6.61 Å². The molecule has 6 N–H and O–H groups in total. The average molecular weight is 245 g/mol. The van der Waals surface area contributed by atoms with Crippen LogP contribution in [0, 0.1) is 0 Å². The van der Waals surface area contributed by atoms with Gasteiger partial charge in [-0.3, -0.25) is 0 Å². The standard InChI is InChI=1S/C6H13NO5.Zn/c7-3-5(10)4(9)2(1-8)12-6(3)11;/h2-6,8-11H,1,7H2;/q;+2/t2-,3-,4-,5-,6-;/m1./s1. The van der Waals surface area contributed by atoms with E-state index in [1.807, 2.05) is 0 Å². The molecule has 0 amide bonds. The topological polar surface area (TPSA) is 116 Å². The molecule has 72 valence electrons. The predicted octanol–water partition coefficient (Wildman–Crippen LogP) is -3.26. The van der Waals surface area contributed by atoms with Gasteiger partial charge in [0.05, 0.1) is 12.6 Å². The first kappa shape index (κ1) is 13.4. The third-order valence-corrected chi connectivity index (χ3v) is 1.95. The number of aliphatic hydroxyl groups is 4. The fraction of sp³-hybridized carbons (Fsp3) is 1.00. The summed E-state index contributed by atoms with van der Waals surface area (Å²) in [5.74, 6) is 0. The van der Waals surface area contributed by atoms with E-state index in [1.165, 1.54) is 0 Å². The molecule has 6 nitrogen and oxygen atoms in total. The third-order valence-electron chi connectivity index (χ3n) is 1.95. The molecule has 1 rings (SSSR count). The van der Waals surface area contributed by atoms with Crippen molar-refractivity contribution in [3.63, 3.8) is 0 Å². The van der Waals surface area contributed by atoms with E-state index in [4.69, 9.17) is 20.7 Å². The second-order valence-electron chi connectivity index (χ2n) is 2.81. The molecule has 0 unspecified atom stereocenters. The minimum atomic E-state index is -1.35. The molecule has 1 aliphatic heterocycles. The van der Waals surface area contributed by atoms with Crippen LogP contribution in [0.5, 0.6) is 0 Å². The van der Waals surface area contributed by atoms with Crippen LogP contribution in [-0.2, 0) is 24.2 Å². The predicted molar refractivity (Wildman–Crippen MR) is 38.0 cm³/mol. The zero-order valence-electron chi connectivity index (χ0n) is 7.08. The third kappa shape index (κ3) is 2.66. The van der Waals surface area contributed by atoms with Gasteiger partial charge in [0.2, 0.25) is 0 Å². The van der Waals surface area contributed by atoms with Crippen molar-refractivity contribution in [2.45, 2.75) is 30.6 Å². The van der Waals surface area contributed by atoms with Gasteiger partial charge in [-0.05, 0) is 0 Å². The van der Waals surface area contributed by atoms with E-state index in [1.54, 1.807) is 0 Å². The summed E-state index contributed by atoms with van der Waals surface area (Å²) in [6.45, 7) is -0.470. The summed E-state index contributed by atoms with van der Waals surface area (Å²) >= 11 is 0. The number of ether oxygens (including phenoxy) is 1. The Kier molecular flexibility index (Phi) is 5.47. The fourth-order valence-electron chi connectivity index (χ4n) is 1.12. The monoisotopic (exact) mass is 243 g/mol. The zero-order chi connectivity index (χ0) is 9.30. The van der Waals surface area contributed by atoms with Crippen molar-refractivity contribution in [3.8, 4) is 0 Å². The number of hydrogen-bond acceptors (Lipinski definition) is 6. The molecule has 1 fully saturated rings. The van der Waals surface area contributed by atoms with Gasteiger partial charge in [-0.15, -0.1) is 0 Å². The molecular weight excluding hydrogens is 231 g/mol. The molecule has 0 aromatic rings. The summed E-state index contributed by atoms with van der Waals surface area (Å²) in [5.41, 5.74) is 5.26. The van der Waals surface area contributed by atoms with Gasteiger partial charge in [-0.25, -0.2) is 0 Å². The zero-order valence-corrected chi connectivity index (χ0v) is 10.0. The number of nitrogens with two attached hydrogens (primary N) is 1. The molecule has 7 heteroatoms. The van der Waals surface area contributed by atoms with Crippen molar-refractivity contribution >= 4 is 0 Å². The number of hydrogen-bond donors (Lipinski definition) is 5. The van der Waals surface area contributed by atoms with E-state index in [0.717, 1.165) is 0 Å². The Morgan fingerprint density at radius 2 is 1.69 bits per heavy atom. The van der Waals surface area contributed by atoms with Gasteiger partial charge in [0.25, 0.3) is 0 Å². The fourth-order valence-corrected chi connectivity index (χ4v) is 1.12. The van der Waals surface area contributed by atoms with Crippen molar-refractivity contribution < 1.29 is 44.6 Å². The first-order chi connectivity index (χ1) is 5.57. The Bertz CT molecular complexity index is 155. The van der Waals surface area contributed by atoms with Gasteiger partial charge < -0.3 is 30.9 Å². The maximum atomic E-state index is 9.20. The quantitative estimate of drug-likeness (QED) is 0.309. The maximum absolute atomic E-state index is 9.20. The van der Waals surface area contributed by atoms with E-state index in [2.05, 4.69) is 0 Å². The molecule has 0 saturated carbocycles. The van der Waals surface area contributed by atoms with Crippen molar-refractivity contribution in [1.82, 2.24) is 0 Å². The molecule has 1 aliphatic rings. The maximum Gasteiger partial charge on any atom is 2.00 e. The van der Waals surface area contributed by atoms with E-state index < -0.39 is 37.3 Å². The first-order valence-electron chi connectivity index (χ1n) is 3.64. The number of aliphatic hydroxyl groups excluding tert-OH is 4. The van der Waals surface area contributed by atoms with Crippen LogP contribution in [0.3, 0.4) is 0 Å². The Hall–Kier alpha value is 0.383. The normalized spacial score (nSPS) is 45.5. The molecule has 0 radical (unpaired) electrons. The largest absolute Gasteiger partial charge is 2.00 e. The SMILES string of the molecule is N[C@@H]1[C@@H](O)[C@H](O)[C@@H](CO)O[C@H]1O.[Zn+2]. The van der Waals surface area contributed by atoms with Gasteiger partial charge >= 0.3 is 19.5 Å². The summed E-state index contributed by atoms with van der Waals surface area (Å²) in [4.78, 5) is 0. The molecule has 13 heavy (non-hydrogen) atoms. The van der Waals surface area contributed by atoms with Gasteiger partial charge in [-0.1, -0.05) is 0 Å². The summed E-state index contributed by atoms with van der Waals surface area (Å²) in [6.07, 6.45) is -4.85. The van der Waals surface area contributed by atoms with Crippen molar-refractivity contribution in [3.05, 3.63) is 0 Å². The van der Waals surface area contributed by atoms with E-state index in [0.29, 0.717) is 0 Å². The molecule has 0 aliphatic carbocycles. The Labute approximate surface area is 88.1 Å². The molecule has 5 atom stereocenters. The van der Waals surface area contributed by atoms with Gasteiger partial charge in [0, 0.05) is 0 Å². The van der Waals surface area contributed by atoms with Crippen LogP contribution in [0.2, 0.25) is 0 Å². The minimum Gasteiger partial charge on any atom is -0.394 e. The van der Waals surface area contributed by atoms with Crippen LogP contribution in [0.15, 0.2) is 0 Å². The summed E-state index contributed by atoms with van der Waals surface area (Å²) < 4.78 is 4.70. The molecule has 0 spiro atoms. The Morgan fingerprint density at radius 1 is 1.15 bits per heavy atom. The molecular formula is C6H13NO5Zn+2. The molecule has 0 aromatic carbocycles. The van der Waals surface area contributed by atoms with Crippen LogP contribution < -0.4 is 5.73 Å². The first-order valence-corrected chi connectivity index (χ1v) is 3.64. The Morgan fingerprint density at radius 3 is 2.15 bits per heavy atom. The van der Waals surface area contributed by atoms with Crippen LogP contribution in [0.1, 0.15) is 0 Å². The average Bonchev–Trinajstić information content (AvgIpc) is 2.08. The molecule has 1 saturated heterocycles. The second-order valence-corrected chi connectivity index (χ2v) is 2.81.